The molecule has 2 aromatic carbocycles. The number of hydrogen-bond acceptors (Lipinski definition) is 5. The Morgan fingerprint density at radius 1 is 0.933 bits per heavy atom. The molecule has 4 rings (SSSR count). The largest absolute Gasteiger partial charge is 0.497 e. The number of methoxy groups -OCH3 is 3. The predicted octanol–water partition coefficient (Wildman–Crippen LogP) is 4.99. The van der Waals surface area contributed by atoms with E-state index in [-0.39, 0.29) is 5.92 Å². The zero-order valence-corrected chi connectivity index (χ0v) is 17.9. The highest BCUT2D eigenvalue weighted by Gasteiger charge is 2.37. The smallest absolute Gasteiger partial charge is 0.161 e. The van der Waals surface area contributed by atoms with E-state index in [9.17, 15) is 5.26 Å². The van der Waals surface area contributed by atoms with Gasteiger partial charge in [0.2, 0.25) is 0 Å². The molecule has 0 N–H and O–H groups in total. The van der Waals surface area contributed by atoms with Crippen LogP contribution < -0.4 is 14.2 Å². The molecule has 2 aliphatic rings. The Morgan fingerprint density at radius 2 is 1.70 bits per heavy atom. The molecule has 0 saturated carbocycles. The molecule has 0 aromatic heterocycles. The Morgan fingerprint density at radius 3 is 2.37 bits per heavy atom. The highest BCUT2D eigenvalue weighted by atomic mass is 16.5. The highest BCUT2D eigenvalue weighted by Crippen LogP contribution is 2.47. The quantitative estimate of drug-likeness (QED) is 0.703. The molecule has 2 heterocycles. The summed E-state index contributed by atoms with van der Waals surface area (Å²) in [6, 6.07) is 17.2. The molecule has 0 aliphatic carbocycles. The summed E-state index contributed by atoms with van der Waals surface area (Å²) in [6.07, 6.45) is 4.49. The second-order valence-corrected chi connectivity index (χ2v) is 7.85. The fraction of sp³-hybridized carbons (Fsp3) is 0.400. The summed E-state index contributed by atoms with van der Waals surface area (Å²) < 4.78 is 16.3. The third-order valence-electron chi connectivity index (χ3n) is 6.34. The molecule has 0 radical (unpaired) electrons. The van der Waals surface area contributed by atoms with Crippen molar-refractivity contribution in [1.29, 1.82) is 5.26 Å². The first-order valence-corrected chi connectivity index (χ1v) is 10.5. The van der Waals surface area contributed by atoms with Crippen molar-refractivity contribution in [3.8, 4) is 23.3 Å². The maximum atomic E-state index is 10.2. The minimum Gasteiger partial charge on any atom is -0.497 e. The summed E-state index contributed by atoms with van der Waals surface area (Å²) in [5.74, 6) is 2.34. The number of ether oxygens (including phenoxy) is 3. The van der Waals surface area contributed by atoms with Crippen molar-refractivity contribution < 1.29 is 14.2 Å². The molecule has 2 aliphatic heterocycles. The van der Waals surface area contributed by atoms with E-state index >= 15 is 0 Å². The van der Waals surface area contributed by atoms with Crippen molar-refractivity contribution in [3.63, 3.8) is 0 Å². The number of benzene rings is 2. The summed E-state index contributed by atoms with van der Waals surface area (Å²) in [7, 11) is 4.96. The van der Waals surface area contributed by atoms with Crippen molar-refractivity contribution in [2.45, 2.75) is 37.6 Å². The monoisotopic (exact) mass is 404 g/mol. The maximum absolute atomic E-state index is 10.2. The van der Waals surface area contributed by atoms with E-state index < -0.39 is 0 Å². The minimum absolute atomic E-state index is 0.142. The van der Waals surface area contributed by atoms with Crippen LogP contribution in [0.15, 0.2) is 48.2 Å². The standard InChI is InChI=1S/C25H28N2O3/c1-28-20-10-7-17(8-11-20)21-15-19-6-4-5-13-27(19)22(16-26)25(21)18-9-12-23(29-2)24(14-18)30-3/h7-12,14,19,21H,4-6,13,15H2,1-3H3/t19-,21-/m0/s1. The summed E-state index contributed by atoms with van der Waals surface area (Å²) in [4.78, 5) is 2.33. The van der Waals surface area contributed by atoms with Crippen molar-refractivity contribution in [2.24, 2.45) is 0 Å². The van der Waals surface area contributed by atoms with E-state index in [0.717, 1.165) is 48.4 Å². The van der Waals surface area contributed by atoms with Crippen LogP contribution in [-0.2, 0) is 0 Å². The number of hydrogen-bond donors (Lipinski definition) is 0. The average molecular weight is 405 g/mol. The van der Waals surface area contributed by atoms with Gasteiger partial charge in [0.05, 0.1) is 21.3 Å². The molecule has 5 heteroatoms. The summed E-state index contributed by atoms with van der Waals surface area (Å²) >= 11 is 0. The van der Waals surface area contributed by atoms with Crippen LogP contribution in [0.4, 0.5) is 0 Å². The van der Waals surface area contributed by atoms with Gasteiger partial charge in [-0.3, -0.25) is 0 Å². The van der Waals surface area contributed by atoms with Gasteiger partial charge in [-0.1, -0.05) is 18.2 Å². The van der Waals surface area contributed by atoms with E-state index in [1.54, 1.807) is 21.3 Å². The molecule has 5 nitrogen and oxygen atoms in total. The van der Waals surface area contributed by atoms with Crippen LogP contribution in [-0.4, -0.2) is 38.8 Å². The van der Waals surface area contributed by atoms with Gasteiger partial charge in [-0.2, -0.15) is 5.26 Å². The fourth-order valence-corrected chi connectivity index (χ4v) is 4.85. The fourth-order valence-electron chi connectivity index (χ4n) is 4.85. The zero-order valence-electron chi connectivity index (χ0n) is 17.9. The van der Waals surface area contributed by atoms with Crippen molar-refractivity contribution >= 4 is 5.57 Å². The normalized spacial score (nSPS) is 20.9. The Kier molecular flexibility index (Phi) is 5.85. The lowest BCUT2D eigenvalue weighted by molar-refractivity contribution is 0.177. The minimum atomic E-state index is 0.142. The number of nitrogens with zero attached hydrogens (tertiary/aromatic N) is 2. The van der Waals surface area contributed by atoms with Crippen LogP contribution in [0, 0.1) is 11.3 Å². The molecule has 2 atom stereocenters. The number of allylic oxidation sites excluding steroid dienone is 2. The molecule has 1 saturated heterocycles. The Labute approximate surface area is 178 Å². The molecule has 0 bridgehead atoms. The number of rotatable bonds is 5. The van der Waals surface area contributed by atoms with Crippen LogP contribution >= 0.6 is 0 Å². The van der Waals surface area contributed by atoms with E-state index in [1.807, 2.05) is 30.3 Å². The molecular formula is C25H28N2O3. The van der Waals surface area contributed by atoms with E-state index in [4.69, 9.17) is 14.2 Å². The third kappa shape index (κ3) is 3.59. The molecular weight excluding hydrogens is 376 g/mol. The van der Waals surface area contributed by atoms with Crippen molar-refractivity contribution in [3.05, 3.63) is 59.3 Å². The summed E-state index contributed by atoms with van der Waals surface area (Å²) in [6.45, 7) is 0.944. The zero-order chi connectivity index (χ0) is 21.1. The Balaban J connectivity index is 1.87. The van der Waals surface area contributed by atoms with Crippen molar-refractivity contribution in [1.82, 2.24) is 4.90 Å². The van der Waals surface area contributed by atoms with Gasteiger partial charge in [0.15, 0.2) is 11.5 Å². The molecule has 0 amide bonds. The average Bonchev–Trinajstić information content (AvgIpc) is 2.82. The first-order chi connectivity index (χ1) is 14.7. The molecule has 1 fully saturated rings. The molecule has 0 spiro atoms. The lowest BCUT2D eigenvalue weighted by Crippen LogP contribution is -2.43. The SMILES string of the molecule is COc1ccc([C@@H]2C[C@@H]3CCCCN3C(C#N)=C2c2ccc(OC)c(OC)c2)cc1. The predicted molar refractivity (Wildman–Crippen MR) is 117 cm³/mol. The second kappa shape index (κ2) is 8.71. The van der Waals surface area contributed by atoms with Crippen LogP contribution in [0.5, 0.6) is 17.2 Å². The Bertz CT molecular complexity index is 975. The Hall–Kier alpha value is -3.13. The third-order valence-corrected chi connectivity index (χ3v) is 6.34. The van der Waals surface area contributed by atoms with E-state index in [0.29, 0.717) is 17.5 Å². The van der Waals surface area contributed by atoms with Gasteiger partial charge in [-0.25, -0.2) is 0 Å². The van der Waals surface area contributed by atoms with Crippen LogP contribution in [0.3, 0.4) is 0 Å². The second-order valence-electron chi connectivity index (χ2n) is 7.85. The van der Waals surface area contributed by atoms with Gasteiger partial charge in [0.25, 0.3) is 0 Å². The van der Waals surface area contributed by atoms with Gasteiger partial charge in [-0.15, -0.1) is 0 Å². The van der Waals surface area contributed by atoms with Crippen molar-refractivity contribution in [2.75, 3.05) is 27.9 Å². The molecule has 2 aromatic rings. The van der Waals surface area contributed by atoms with E-state index in [1.165, 1.54) is 12.0 Å². The molecule has 30 heavy (non-hydrogen) atoms. The summed E-state index contributed by atoms with van der Waals surface area (Å²) in [5, 5.41) is 10.2. The lowest BCUT2D eigenvalue weighted by Gasteiger charge is -2.44. The van der Waals surface area contributed by atoms with Gasteiger partial charge < -0.3 is 19.1 Å². The van der Waals surface area contributed by atoms with Gasteiger partial charge >= 0.3 is 0 Å². The first-order valence-electron chi connectivity index (χ1n) is 10.5. The highest BCUT2D eigenvalue weighted by molar-refractivity contribution is 5.79. The number of fused-ring (bicyclic) bond motifs is 1. The van der Waals surface area contributed by atoms with Gasteiger partial charge in [0.1, 0.15) is 17.5 Å². The van der Waals surface area contributed by atoms with Crippen LogP contribution in [0.2, 0.25) is 0 Å². The van der Waals surface area contributed by atoms with Gasteiger partial charge in [-0.05, 0) is 61.1 Å². The lowest BCUT2D eigenvalue weighted by atomic mass is 9.76. The van der Waals surface area contributed by atoms with Crippen LogP contribution in [0.1, 0.15) is 42.7 Å². The van der Waals surface area contributed by atoms with E-state index in [2.05, 4.69) is 23.1 Å². The number of nitriles is 1. The number of piperidine rings is 1. The van der Waals surface area contributed by atoms with Gasteiger partial charge in [0, 0.05) is 24.1 Å². The first kappa shape index (κ1) is 20.2. The summed E-state index contributed by atoms with van der Waals surface area (Å²) in [5.41, 5.74) is 4.08. The topological polar surface area (TPSA) is 54.7 Å². The van der Waals surface area contributed by atoms with Crippen LogP contribution in [0.25, 0.3) is 5.57 Å². The maximum Gasteiger partial charge on any atom is 0.161 e. The molecule has 0 unspecified atom stereocenters. The molecule has 156 valence electrons.